The van der Waals surface area contributed by atoms with Gasteiger partial charge in [0.2, 0.25) is 0 Å². The van der Waals surface area contributed by atoms with Crippen molar-refractivity contribution in [3.63, 3.8) is 0 Å². The topological polar surface area (TPSA) is 102 Å². The highest BCUT2D eigenvalue weighted by molar-refractivity contribution is 7.11. The fourth-order valence-electron chi connectivity index (χ4n) is 1.50. The van der Waals surface area contributed by atoms with E-state index >= 15 is 0 Å². The molecule has 0 bridgehead atoms. The van der Waals surface area contributed by atoms with Gasteiger partial charge in [-0.2, -0.15) is 0 Å². The number of nitrogens with two attached hydrogens (primary N) is 1. The zero-order valence-corrected chi connectivity index (χ0v) is 11.1. The molecule has 0 saturated carbocycles. The van der Waals surface area contributed by atoms with E-state index in [2.05, 4.69) is 5.32 Å². The second-order valence-corrected chi connectivity index (χ2v) is 4.82. The number of hydrogen-bond acceptors (Lipinski definition) is 5. The van der Waals surface area contributed by atoms with Crippen molar-refractivity contribution in [3.8, 4) is 5.75 Å². The molecular weight excluding hydrogens is 280 g/mol. The van der Waals surface area contributed by atoms with Crippen LogP contribution >= 0.6 is 11.3 Å². The smallest absolute Gasteiger partial charge is 0.345 e. The summed E-state index contributed by atoms with van der Waals surface area (Å²) in [6, 6.07) is 8.44. The van der Waals surface area contributed by atoms with Crippen LogP contribution in [0, 0.1) is 0 Å². The molecular formula is C13H12N2O4S. The van der Waals surface area contributed by atoms with Crippen LogP contribution in [0.2, 0.25) is 0 Å². The lowest BCUT2D eigenvalue weighted by atomic mass is 10.2. The molecule has 7 heteroatoms. The Morgan fingerprint density at radius 1 is 1.40 bits per heavy atom. The summed E-state index contributed by atoms with van der Waals surface area (Å²) in [6.45, 7) is 0.0803. The molecule has 1 aromatic carbocycles. The lowest BCUT2D eigenvalue weighted by molar-refractivity contribution is -0.118. The standard InChI is InChI=1S/C8H8N2O2.C5H4O2S/c9-5-1-2-7-6(3-5)10-8(11)4-12-7;6-5(7)4-2-1-3-8-4/h1-3H,4,9H2,(H,10,11);1-3H,(H,6,7). The number of rotatable bonds is 1. The van der Waals surface area contributed by atoms with Crippen LogP contribution in [0.1, 0.15) is 9.67 Å². The summed E-state index contributed by atoms with van der Waals surface area (Å²) in [5.74, 6) is -0.322. The maximum atomic E-state index is 10.9. The molecule has 4 N–H and O–H groups in total. The third-order valence-electron chi connectivity index (χ3n) is 2.37. The van der Waals surface area contributed by atoms with Gasteiger partial charge in [-0.25, -0.2) is 4.79 Å². The number of carbonyl (C=O) groups excluding carboxylic acids is 1. The lowest BCUT2D eigenvalue weighted by Gasteiger charge is -2.17. The summed E-state index contributed by atoms with van der Waals surface area (Å²) < 4.78 is 5.12. The number of thiophene rings is 1. The van der Waals surface area contributed by atoms with Crippen molar-refractivity contribution in [1.82, 2.24) is 0 Å². The van der Waals surface area contributed by atoms with E-state index in [1.165, 1.54) is 11.3 Å². The van der Waals surface area contributed by atoms with Gasteiger partial charge in [0, 0.05) is 5.69 Å². The number of nitrogens with one attached hydrogen (secondary N) is 1. The van der Waals surface area contributed by atoms with E-state index in [4.69, 9.17) is 15.6 Å². The number of carboxylic acids is 1. The molecule has 2 aromatic rings. The maximum Gasteiger partial charge on any atom is 0.345 e. The van der Waals surface area contributed by atoms with Crippen molar-refractivity contribution in [1.29, 1.82) is 0 Å². The molecule has 6 nitrogen and oxygen atoms in total. The number of aromatic carboxylic acids is 1. The molecule has 1 aliphatic rings. The highest BCUT2D eigenvalue weighted by Crippen LogP contribution is 2.28. The van der Waals surface area contributed by atoms with Crippen LogP contribution in [0.3, 0.4) is 0 Å². The van der Waals surface area contributed by atoms with E-state index in [9.17, 15) is 9.59 Å². The fraction of sp³-hybridized carbons (Fsp3) is 0.0769. The average Bonchev–Trinajstić information content (AvgIpc) is 2.93. The minimum atomic E-state index is -0.847. The zero-order chi connectivity index (χ0) is 14.5. The molecule has 0 saturated heterocycles. The predicted molar refractivity (Wildman–Crippen MR) is 76.3 cm³/mol. The largest absolute Gasteiger partial charge is 0.482 e. The summed E-state index contributed by atoms with van der Waals surface area (Å²) >= 11 is 1.23. The first kappa shape index (κ1) is 13.9. The van der Waals surface area contributed by atoms with Crippen LogP contribution in [0.4, 0.5) is 11.4 Å². The van der Waals surface area contributed by atoms with Gasteiger partial charge >= 0.3 is 5.97 Å². The van der Waals surface area contributed by atoms with Gasteiger partial charge in [-0.05, 0) is 29.6 Å². The first-order valence-electron chi connectivity index (χ1n) is 5.65. The molecule has 0 atom stereocenters. The van der Waals surface area contributed by atoms with Crippen LogP contribution in [0.15, 0.2) is 35.7 Å². The zero-order valence-electron chi connectivity index (χ0n) is 10.3. The monoisotopic (exact) mass is 292 g/mol. The normalized spacial score (nSPS) is 12.3. The third-order valence-corrected chi connectivity index (χ3v) is 3.23. The minimum absolute atomic E-state index is 0.0803. The van der Waals surface area contributed by atoms with E-state index in [0.29, 0.717) is 22.0 Å². The van der Waals surface area contributed by atoms with Crippen LogP contribution < -0.4 is 15.8 Å². The van der Waals surface area contributed by atoms with Crippen molar-refractivity contribution in [2.24, 2.45) is 0 Å². The van der Waals surface area contributed by atoms with Crippen LogP contribution in [0.25, 0.3) is 0 Å². The Hall–Kier alpha value is -2.54. The number of fused-ring (bicyclic) bond motifs is 1. The predicted octanol–water partition coefficient (Wildman–Crippen LogP) is 2.05. The van der Waals surface area contributed by atoms with Crippen molar-refractivity contribution >= 4 is 34.6 Å². The molecule has 3 rings (SSSR count). The highest BCUT2D eigenvalue weighted by atomic mass is 32.1. The summed E-state index contributed by atoms with van der Waals surface area (Å²) in [4.78, 5) is 21.3. The van der Waals surface area contributed by atoms with Crippen LogP contribution in [0.5, 0.6) is 5.75 Å². The molecule has 0 aliphatic carbocycles. The first-order chi connectivity index (χ1) is 9.56. The lowest BCUT2D eigenvalue weighted by Crippen LogP contribution is -2.25. The van der Waals surface area contributed by atoms with E-state index in [-0.39, 0.29) is 12.5 Å². The van der Waals surface area contributed by atoms with Crippen LogP contribution in [-0.2, 0) is 4.79 Å². The number of hydrogen-bond donors (Lipinski definition) is 3. The van der Waals surface area contributed by atoms with Gasteiger partial charge in [-0.3, -0.25) is 4.79 Å². The number of benzene rings is 1. The molecule has 1 amide bonds. The second-order valence-electron chi connectivity index (χ2n) is 3.87. The van der Waals surface area contributed by atoms with Gasteiger partial charge in [0.25, 0.3) is 5.91 Å². The molecule has 0 spiro atoms. The van der Waals surface area contributed by atoms with E-state index in [0.717, 1.165) is 0 Å². The number of amides is 1. The molecule has 0 unspecified atom stereocenters. The highest BCUT2D eigenvalue weighted by Gasteiger charge is 2.14. The summed E-state index contributed by atoms with van der Waals surface area (Å²) in [5, 5.41) is 12.7. The molecule has 0 fully saturated rings. The summed E-state index contributed by atoms with van der Waals surface area (Å²) in [6.07, 6.45) is 0. The Labute approximate surface area is 118 Å². The van der Waals surface area contributed by atoms with Gasteiger partial charge < -0.3 is 20.9 Å². The molecule has 2 heterocycles. The Bertz CT molecular complexity index is 625. The van der Waals surface area contributed by atoms with Crippen molar-refractivity contribution in [2.45, 2.75) is 0 Å². The summed E-state index contributed by atoms with van der Waals surface area (Å²) in [5.41, 5.74) is 6.78. The minimum Gasteiger partial charge on any atom is -0.482 e. The molecule has 104 valence electrons. The van der Waals surface area contributed by atoms with E-state index in [1.54, 1.807) is 35.7 Å². The van der Waals surface area contributed by atoms with Gasteiger partial charge in [0.05, 0.1) is 5.69 Å². The van der Waals surface area contributed by atoms with Gasteiger partial charge in [0.1, 0.15) is 10.6 Å². The quantitative estimate of drug-likeness (QED) is 0.698. The number of ether oxygens (including phenoxy) is 1. The first-order valence-corrected chi connectivity index (χ1v) is 6.53. The molecule has 1 aliphatic heterocycles. The van der Waals surface area contributed by atoms with Crippen molar-refractivity contribution < 1.29 is 19.4 Å². The van der Waals surface area contributed by atoms with Crippen molar-refractivity contribution in [3.05, 3.63) is 40.6 Å². The Morgan fingerprint density at radius 3 is 2.80 bits per heavy atom. The fourth-order valence-corrected chi connectivity index (χ4v) is 2.06. The van der Waals surface area contributed by atoms with E-state index in [1.807, 2.05) is 0 Å². The Morgan fingerprint density at radius 2 is 2.20 bits per heavy atom. The number of carbonyl (C=O) groups is 2. The molecule has 20 heavy (non-hydrogen) atoms. The number of carboxylic acid groups (broad SMARTS) is 1. The molecule has 1 aromatic heterocycles. The Balaban J connectivity index is 0.000000160. The van der Waals surface area contributed by atoms with Gasteiger partial charge in [0.15, 0.2) is 6.61 Å². The maximum absolute atomic E-state index is 10.9. The average molecular weight is 292 g/mol. The second kappa shape index (κ2) is 6.07. The SMILES string of the molecule is Nc1ccc2c(c1)NC(=O)CO2.O=C(O)c1cccs1. The van der Waals surface area contributed by atoms with Crippen LogP contribution in [-0.4, -0.2) is 23.6 Å². The Kier molecular flexibility index (Phi) is 4.21. The van der Waals surface area contributed by atoms with Crippen molar-refractivity contribution in [2.75, 3.05) is 17.7 Å². The summed E-state index contributed by atoms with van der Waals surface area (Å²) in [7, 11) is 0. The van der Waals surface area contributed by atoms with E-state index < -0.39 is 5.97 Å². The van der Waals surface area contributed by atoms with Gasteiger partial charge in [-0.15, -0.1) is 11.3 Å². The van der Waals surface area contributed by atoms with Gasteiger partial charge in [-0.1, -0.05) is 6.07 Å². The number of nitrogen functional groups attached to an aromatic ring is 1. The number of anilines is 2. The molecule has 0 radical (unpaired) electrons. The third kappa shape index (κ3) is 3.48.